The lowest BCUT2D eigenvalue weighted by Crippen LogP contribution is -2.21. The minimum absolute atomic E-state index is 0.136. The van der Waals surface area contributed by atoms with E-state index >= 15 is 0 Å². The maximum Gasteiger partial charge on any atom is 0.416 e. The Bertz CT molecular complexity index is 1190. The molecule has 7 nitrogen and oxygen atoms in total. The first-order valence-electron chi connectivity index (χ1n) is 7.86. The Balaban J connectivity index is 1.77. The van der Waals surface area contributed by atoms with Gasteiger partial charge in [0.25, 0.3) is 5.56 Å². The molecule has 3 aromatic heterocycles. The number of alkyl halides is 3. The first kappa shape index (κ1) is 17.0. The Hall–Kier alpha value is -3.43. The van der Waals surface area contributed by atoms with Gasteiger partial charge in [-0.3, -0.25) is 9.36 Å². The Morgan fingerprint density at radius 3 is 2.74 bits per heavy atom. The highest BCUT2D eigenvalue weighted by Crippen LogP contribution is 2.30. The molecule has 0 radical (unpaired) electrons. The van der Waals surface area contributed by atoms with Crippen LogP contribution in [0.25, 0.3) is 16.7 Å². The molecule has 0 bridgehead atoms. The number of halogens is 3. The zero-order valence-corrected chi connectivity index (χ0v) is 13.9. The smallest absolute Gasteiger partial charge is 0.359 e. The number of aromatic nitrogens is 5. The Kier molecular flexibility index (Phi) is 3.83. The van der Waals surface area contributed by atoms with Crippen LogP contribution in [0.4, 0.5) is 13.2 Å². The summed E-state index contributed by atoms with van der Waals surface area (Å²) in [5, 5.41) is 7.98. The van der Waals surface area contributed by atoms with Crippen LogP contribution in [0.1, 0.15) is 17.0 Å². The molecule has 1 aromatic carbocycles. The third-order valence-corrected chi connectivity index (χ3v) is 3.98. The first-order valence-corrected chi connectivity index (χ1v) is 7.86. The topological polar surface area (TPSA) is 78.7 Å². The number of hydrogen-bond acceptors (Lipinski definition) is 5. The van der Waals surface area contributed by atoms with Gasteiger partial charge >= 0.3 is 6.18 Å². The van der Waals surface area contributed by atoms with Crippen molar-refractivity contribution in [1.29, 1.82) is 0 Å². The fraction of sp³-hybridized carbons (Fsp3) is 0.176. The largest absolute Gasteiger partial charge is 0.416 e. The van der Waals surface area contributed by atoms with E-state index in [-0.39, 0.29) is 28.8 Å². The zero-order chi connectivity index (χ0) is 19.2. The van der Waals surface area contributed by atoms with Gasteiger partial charge in [-0.2, -0.15) is 18.3 Å². The third kappa shape index (κ3) is 3.09. The predicted molar refractivity (Wildman–Crippen MR) is 88.5 cm³/mol. The summed E-state index contributed by atoms with van der Waals surface area (Å²) >= 11 is 0. The summed E-state index contributed by atoms with van der Waals surface area (Å²) in [6, 6.07) is 6.36. The highest BCUT2D eigenvalue weighted by atomic mass is 19.4. The van der Waals surface area contributed by atoms with Crippen LogP contribution in [-0.4, -0.2) is 24.5 Å². The quantitative estimate of drug-likeness (QED) is 0.550. The molecule has 0 aliphatic carbocycles. The molecule has 0 aliphatic heterocycles. The lowest BCUT2D eigenvalue weighted by Gasteiger charge is -2.09. The van der Waals surface area contributed by atoms with Crippen LogP contribution in [-0.2, 0) is 12.7 Å². The number of benzene rings is 1. The van der Waals surface area contributed by atoms with Crippen LogP contribution in [0.5, 0.6) is 0 Å². The number of fused-ring (bicyclic) bond motifs is 1. The van der Waals surface area contributed by atoms with E-state index in [1.807, 2.05) is 0 Å². The molecule has 0 aliphatic rings. The number of rotatable bonds is 3. The van der Waals surface area contributed by atoms with Crippen LogP contribution in [0.15, 0.2) is 52.2 Å². The van der Waals surface area contributed by atoms with Crippen molar-refractivity contribution in [2.24, 2.45) is 0 Å². The van der Waals surface area contributed by atoms with Gasteiger partial charge < -0.3 is 4.52 Å². The normalized spacial score (nSPS) is 12.0. The molecule has 0 saturated heterocycles. The maximum atomic E-state index is 12.9. The molecule has 3 heterocycles. The summed E-state index contributed by atoms with van der Waals surface area (Å²) in [6.45, 7) is 1.90. The molecular formula is C17H12F3N5O2. The summed E-state index contributed by atoms with van der Waals surface area (Å²) in [5.74, 6) is 0.487. The van der Waals surface area contributed by atoms with E-state index in [1.165, 1.54) is 33.9 Å². The predicted octanol–water partition coefficient (Wildman–Crippen LogP) is 2.95. The van der Waals surface area contributed by atoms with Crippen LogP contribution in [0.3, 0.4) is 0 Å². The van der Waals surface area contributed by atoms with E-state index in [1.54, 1.807) is 13.0 Å². The van der Waals surface area contributed by atoms with Gasteiger partial charge in [-0.1, -0.05) is 11.2 Å². The number of hydrogen-bond donors (Lipinski definition) is 0. The number of aryl methyl sites for hydroxylation is 1. The highest BCUT2D eigenvalue weighted by Gasteiger charge is 2.30. The van der Waals surface area contributed by atoms with Crippen molar-refractivity contribution in [3.8, 4) is 5.69 Å². The molecule has 0 unspecified atom stereocenters. The van der Waals surface area contributed by atoms with Crippen molar-refractivity contribution in [2.45, 2.75) is 19.6 Å². The SMILES string of the molecule is Cc1cc(Cn2cnc3c(cnn3-c3cccc(C(F)(F)F)c3)c2=O)on1. The van der Waals surface area contributed by atoms with Crippen LogP contribution in [0.2, 0.25) is 0 Å². The zero-order valence-electron chi connectivity index (χ0n) is 13.9. The van der Waals surface area contributed by atoms with E-state index in [0.717, 1.165) is 12.1 Å². The highest BCUT2D eigenvalue weighted by molar-refractivity contribution is 5.75. The molecule has 0 N–H and O–H groups in total. The van der Waals surface area contributed by atoms with Gasteiger partial charge in [0.05, 0.1) is 29.7 Å². The summed E-state index contributed by atoms with van der Waals surface area (Å²) in [7, 11) is 0. The monoisotopic (exact) mass is 375 g/mol. The molecule has 4 aromatic rings. The molecule has 0 fully saturated rings. The van der Waals surface area contributed by atoms with Crippen molar-refractivity contribution < 1.29 is 17.7 Å². The van der Waals surface area contributed by atoms with Crippen molar-refractivity contribution in [1.82, 2.24) is 24.5 Å². The van der Waals surface area contributed by atoms with E-state index in [0.29, 0.717) is 11.5 Å². The average molecular weight is 375 g/mol. The lowest BCUT2D eigenvalue weighted by atomic mass is 10.2. The molecular weight excluding hydrogens is 363 g/mol. The standard InChI is InChI=1S/C17H12F3N5O2/c1-10-5-13(27-23-10)8-24-9-21-15-14(16(24)26)7-22-25(15)12-4-2-3-11(6-12)17(18,19)20/h2-7,9H,8H2,1H3. The fourth-order valence-corrected chi connectivity index (χ4v) is 2.72. The van der Waals surface area contributed by atoms with E-state index in [4.69, 9.17) is 4.52 Å². The van der Waals surface area contributed by atoms with Crippen molar-refractivity contribution in [2.75, 3.05) is 0 Å². The second-order valence-electron chi connectivity index (χ2n) is 5.95. The molecule has 0 amide bonds. The molecule has 0 spiro atoms. The van der Waals surface area contributed by atoms with Gasteiger partial charge in [0, 0.05) is 6.07 Å². The van der Waals surface area contributed by atoms with E-state index < -0.39 is 11.7 Å². The van der Waals surface area contributed by atoms with Gasteiger partial charge in [0.2, 0.25) is 0 Å². The molecule has 10 heteroatoms. The molecule has 0 saturated carbocycles. The van der Waals surface area contributed by atoms with Gasteiger partial charge in [-0.15, -0.1) is 0 Å². The second-order valence-corrected chi connectivity index (χ2v) is 5.95. The van der Waals surface area contributed by atoms with Crippen molar-refractivity contribution in [3.63, 3.8) is 0 Å². The summed E-state index contributed by atoms with van der Waals surface area (Å²) < 4.78 is 46.4. The van der Waals surface area contributed by atoms with Crippen molar-refractivity contribution in [3.05, 3.63) is 70.2 Å². The Morgan fingerprint density at radius 1 is 1.22 bits per heavy atom. The minimum Gasteiger partial charge on any atom is -0.359 e. The summed E-state index contributed by atoms with van der Waals surface area (Å²) in [4.78, 5) is 16.8. The average Bonchev–Trinajstić information content (AvgIpc) is 3.23. The van der Waals surface area contributed by atoms with Crippen molar-refractivity contribution >= 4 is 11.0 Å². The van der Waals surface area contributed by atoms with E-state index in [9.17, 15) is 18.0 Å². The molecule has 0 atom stereocenters. The van der Waals surface area contributed by atoms with Gasteiger partial charge in [0.15, 0.2) is 11.4 Å². The molecule has 138 valence electrons. The van der Waals surface area contributed by atoms with Crippen LogP contribution >= 0.6 is 0 Å². The Morgan fingerprint density at radius 2 is 2.04 bits per heavy atom. The third-order valence-electron chi connectivity index (χ3n) is 3.98. The summed E-state index contributed by atoms with van der Waals surface area (Å²) in [6.07, 6.45) is -1.89. The lowest BCUT2D eigenvalue weighted by molar-refractivity contribution is -0.137. The summed E-state index contributed by atoms with van der Waals surface area (Å²) in [5.41, 5.74) is -0.172. The minimum atomic E-state index is -4.48. The second kappa shape index (κ2) is 6.08. The first-order chi connectivity index (χ1) is 12.8. The van der Waals surface area contributed by atoms with E-state index in [2.05, 4.69) is 15.2 Å². The number of nitrogens with zero attached hydrogens (tertiary/aromatic N) is 5. The van der Waals surface area contributed by atoms with Gasteiger partial charge in [-0.25, -0.2) is 9.67 Å². The Labute approximate surface area is 149 Å². The maximum absolute atomic E-state index is 12.9. The fourth-order valence-electron chi connectivity index (χ4n) is 2.72. The van der Waals surface area contributed by atoms with Gasteiger partial charge in [0.1, 0.15) is 11.7 Å². The molecule has 4 rings (SSSR count). The van der Waals surface area contributed by atoms with Crippen LogP contribution in [0, 0.1) is 6.92 Å². The van der Waals surface area contributed by atoms with Crippen LogP contribution < -0.4 is 5.56 Å². The van der Waals surface area contributed by atoms with Gasteiger partial charge in [-0.05, 0) is 25.1 Å². The molecule has 27 heavy (non-hydrogen) atoms.